The van der Waals surface area contributed by atoms with Crippen LogP contribution in [-0.4, -0.2) is 37.2 Å². The molecule has 0 bridgehead atoms. The molecule has 0 spiro atoms. The topological polar surface area (TPSA) is 78.9 Å². The summed E-state index contributed by atoms with van der Waals surface area (Å²) in [5.74, 6) is -0.945. The molecule has 69 heavy (non-hydrogen) atoms. The summed E-state index contributed by atoms with van der Waals surface area (Å²) in [4.78, 5) is 38.2. The summed E-state index contributed by atoms with van der Waals surface area (Å²) in [7, 11) is 0. The molecular weight excluding hydrogens is 853 g/mol. The fraction of sp³-hybridized carbons (Fsp3) is 0.762. The predicted octanol–water partition coefficient (Wildman–Crippen LogP) is 19.8. The Balaban J connectivity index is 4.44. The second-order valence-electron chi connectivity index (χ2n) is 19.6. The van der Waals surface area contributed by atoms with Gasteiger partial charge in [0.15, 0.2) is 6.10 Å². The molecule has 398 valence electrons. The van der Waals surface area contributed by atoms with Crippen molar-refractivity contribution in [2.45, 2.75) is 297 Å². The van der Waals surface area contributed by atoms with E-state index in [1.54, 1.807) is 0 Å². The van der Waals surface area contributed by atoms with E-state index in [1.807, 2.05) is 0 Å². The molecular formula is C63H110O6. The molecule has 0 saturated carbocycles. The molecule has 0 aliphatic heterocycles. The number of carbonyl (C=O) groups is 3. The Hall–Kier alpha value is -3.15. The normalized spacial score (nSPS) is 12.6. The summed E-state index contributed by atoms with van der Waals surface area (Å²) >= 11 is 0. The first-order chi connectivity index (χ1) is 34.0. The van der Waals surface area contributed by atoms with E-state index in [4.69, 9.17) is 14.2 Å². The zero-order valence-electron chi connectivity index (χ0n) is 45.6. The minimum Gasteiger partial charge on any atom is -0.462 e. The van der Waals surface area contributed by atoms with Gasteiger partial charge < -0.3 is 14.2 Å². The van der Waals surface area contributed by atoms with Gasteiger partial charge in [-0.1, -0.05) is 261 Å². The number of hydrogen-bond donors (Lipinski definition) is 0. The monoisotopic (exact) mass is 963 g/mol. The van der Waals surface area contributed by atoms with E-state index in [-0.39, 0.29) is 37.5 Å². The molecule has 0 radical (unpaired) electrons. The molecule has 0 N–H and O–H groups in total. The van der Waals surface area contributed by atoms with Crippen molar-refractivity contribution in [3.05, 3.63) is 72.9 Å². The average Bonchev–Trinajstić information content (AvgIpc) is 3.35. The minimum absolute atomic E-state index is 0.0956. The second-order valence-corrected chi connectivity index (χ2v) is 19.6. The molecule has 0 aromatic rings. The lowest BCUT2D eigenvalue weighted by Gasteiger charge is -2.18. The van der Waals surface area contributed by atoms with Gasteiger partial charge in [-0.15, -0.1) is 0 Å². The lowest BCUT2D eigenvalue weighted by atomic mass is 10.0. The van der Waals surface area contributed by atoms with Crippen molar-refractivity contribution < 1.29 is 28.6 Å². The first-order valence-electron chi connectivity index (χ1n) is 29.5. The van der Waals surface area contributed by atoms with Gasteiger partial charge in [-0.25, -0.2) is 0 Å². The quantitative estimate of drug-likeness (QED) is 0.0199. The van der Waals surface area contributed by atoms with Crippen molar-refractivity contribution in [1.29, 1.82) is 0 Å². The van der Waals surface area contributed by atoms with E-state index in [2.05, 4.69) is 93.7 Å². The first kappa shape index (κ1) is 65.8. The van der Waals surface area contributed by atoms with Crippen molar-refractivity contribution in [1.82, 2.24) is 0 Å². The summed E-state index contributed by atoms with van der Waals surface area (Å²) in [6.07, 6.45) is 73.2. The SMILES string of the molecule is CCCCC/C=C\C=C/CCCCCCCCCCCCC(=O)OCC(COC(=O)CCCCCCCCCCCCCCCCC)OC(=O)CCC/C=C\C/C=C\C/C=C\C/C=C\CCCCC. The van der Waals surface area contributed by atoms with E-state index in [0.29, 0.717) is 19.3 Å². The Morgan fingerprint density at radius 1 is 0.304 bits per heavy atom. The van der Waals surface area contributed by atoms with Crippen LogP contribution in [0.15, 0.2) is 72.9 Å². The Kier molecular flexibility index (Phi) is 54.8. The maximum absolute atomic E-state index is 12.8. The molecule has 6 nitrogen and oxygen atoms in total. The summed E-state index contributed by atoms with van der Waals surface area (Å²) < 4.78 is 16.8. The number of esters is 3. The molecule has 0 saturated heterocycles. The standard InChI is InChI=1S/C63H110O6/c1-4-7-10-13-16-19-22-25-28-30-31-33-35-38-41-44-47-50-53-56-62(65)68-59-60(58-67-61(64)55-52-49-46-43-40-37-34-27-24-21-18-15-12-9-6-3)69-63(66)57-54-51-48-45-42-39-36-32-29-26-23-20-17-14-11-8-5-2/h16-17,19-20,22,25-26,29,36,39,45,48,60H,4-15,18,21,23-24,27-28,30-35,37-38,40-44,46-47,49-59H2,1-3H3/b19-16-,20-17-,25-22-,29-26-,39-36-,48-45-. The highest BCUT2D eigenvalue weighted by atomic mass is 16.6. The molecule has 1 unspecified atom stereocenters. The predicted molar refractivity (Wildman–Crippen MR) is 298 cm³/mol. The van der Waals surface area contributed by atoms with Gasteiger partial charge in [0.2, 0.25) is 0 Å². The Bertz CT molecular complexity index is 1290. The Morgan fingerprint density at radius 3 is 0.971 bits per heavy atom. The minimum atomic E-state index is -0.804. The van der Waals surface area contributed by atoms with E-state index in [0.717, 1.165) is 64.2 Å². The molecule has 0 aliphatic rings. The molecule has 6 heteroatoms. The third kappa shape index (κ3) is 55.6. The van der Waals surface area contributed by atoms with Crippen LogP contribution in [0.5, 0.6) is 0 Å². The summed E-state index contributed by atoms with van der Waals surface area (Å²) in [6.45, 7) is 6.56. The van der Waals surface area contributed by atoms with E-state index >= 15 is 0 Å². The van der Waals surface area contributed by atoms with Gasteiger partial charge >= 0.3 is 17.9 Å². The smallest absolute Gasteiger partial charge is 0.306 e. The number of allylic oxidation sites excluding steroid dienone is 12. The molecule has 0 heterocycles. The van der Waals surface area contributed by atoms with Crippen LogP contribution in [-0.2, 0) is 28.6 Å². The van der Waals surface area contributed by atoms with Crippen LogP contribution in [0.3, 0.4) is 0 Å². The zero-order valence-corrected chi connectivity index (χ0v) is 45.6. The lowest BCUT2D eigenvalue weighted by Crippen LogP contribution is -2.30. The Morgan fingerprint density at radius 2 is 0.580 bits per heavy atom. The van der Waals surface area contributed by atoms with Crippen LogP contribution >= 0.6 is 0 Å². The van der Waals surface area contributed by atoms with Crippen molar-refractivity contribution >= 4 is 17.9 Å². The van der Waals surface area contributed by atoms with Crippen LogP contribution in [0, 0.1) is 0 Å². The average molecular weight is 964 g/mol. The van der Waals surface area contributed by atoms with Crippen LogP contribution in [0.25, 0.3) is 0 Å². The van der Waals surface area contributed by atoms with Gasteiger partial charge in [0.1, 0.15) is 13.2 Å². The van der Waals surface area contributed by atoms with Crippen LogP contribution in [0.2, 0.25) is 0 Å². The van der Waals surface area contributed by atoms with Crippen molar-refractivity contribution in [3.63, 3.8) is 0 Å². The molecule has 1 atom stereocenters. The third-order valence-electron chi connectivity index (χ3n) is 12.7. The van der Waals surface area contributed by atoms with Crippen molar-refractivity contribution in [2.24, 2.45) is 0 Å². The van der Waals surface area contributed by atoms with Crippen LogP contribution in [0.1, 0.15) is 290 Å². The highest BCUT2D eigenvalue weighted by molar-refractivity contribution is 5.71. The van der Waals surface area contributed by atoms with Gasteiger partial charge in [-0.3, -0.25) is 14.4 Å². The fourth-order valence-electron chi connectivity index (χ4n) is 8.25. The lowest BCUT2D eigenvalue weighted by molar-refractivity contribution is -0.167. The maximum atomic E-state index is 12.8. The largest absolute Gasteiger partial charge is 0.462 e. The van der Waals surface area contributed by atoms with E-state index < -0.39 is 6.10 Å². The van der Waals surface area contributed by atoms with Gasteiger partial charge in [0.05, 0.1) is 0 Å². The number of hydrogen-bond acceptors (Lipinski definition) is 6. The maximum Gasteiger partial charge on any atom is 0.306 e. The van der Waals surface area contributed by atoms with Gasteiger partial charge in [0.25, 0.3) is 0 Å². The summed E-state index contributed by atoms with van der Waals surface area (Å²) in [5.41, 5.74) is 0. The summed E-state index contributed by atoms with van der Waals surface area (Å²) in [6, 6.07) is 0. The molecule has 0 fully saturated rings. The van der Waals surface area contributed by atoms with Gasteiger partial charge in [0, 0.05) is 19.3 Å². The number of unbranched alkanes of at least 4 members (excludes halogenated alkanes) is 31. The molecule has 0 amide bonds. The van der Waals surface area contributed by atoms with Gasteiger partial charge in [-0.05, 0) is 83.5 Å². The first-order valence-corrected chi connectivity index (χ1v) is 29.5. The Labute approximate surface area is 427 Å². The number of rotatable bonds is 53. The summed E-state index contributed by atoms with van der Waals surface area (Å²) in [5, 5.41) is 0. The van der Waals surface area contributed by atoms with Gasteiger partial charge in [-0.2, -0.15) is 0 Å². The second kappa shape index (κ2) is 57.4. The molecule has 0 aromatic carbocycles. The molecule has 0 rings (SSSR count). The number of ether oxygens (including phenoxy) is 3. The molecule has 0 aromatic heterocycles. The highest BCUT2D eigenvalue weighted by Gasteiger charge is 2.19. The van der Waals surface area contributed by atoms with Crippen molar-refractivity contribution in [3.8, 4) is 0 Å². The fourth-order valence-corrected chi connectivity index (χ4v) is 8.25. The highest BCUT2D eigenvalue weighted by Crippen LogP contribution is 2.16. The van der Waals surface area contributed by atoms with E-state index in [1.165, 1.54) is 180 Å². The van der Waals surface area contributed by atoms with Crippen LogP contribution in [0.4, 0.5) is 0 Å². The zero-order chi connectivity index (χ0) is 50.0. The van der Waals surface area contributed by atoms with E-state index in [9.17, 15) is 14.4 Å². The van der Waals surface area contributed by atoms with Crippen LogP contribution < -0.4 is 0 Å². The third-order valence-corrected chi connectivity index (χ3v) is 12.7. The van der Waals surface area contributed by atoms with Crippen molar-refractivity contribution in [2.75, 3.05) is 13.2 Å². The molecule has 0 aliphatic carbocycles. The number of carbonyl (C=O) groups excluding carboxylic acids is 3.